The third-order valence-corrected chi connectivity index (χ3v) is 2.04. The number of carbonyl (C=O) groups is 3. The quantitative estimate of drug-likeness (QED) is 0.527. The number of carboxylic acid groups (broad SMARTS) is 1. The van der Waals surface area contributed by atoms with Gasteiger partial charge in [-0.25, -0.2) is 4.79 Å². The molecule has 0 bridgehead atoms. The maximum atomic E-state index is 11.4. The Hall–Kier alpha value is -1.79. The van der Waals surface area contributed by atoms with Gasteiger partial charge < -0.3 is 20.6 Å². The van der Waals surface area contributed by atoms with Crippen LogP contribution in [0.3, 0.4) is 0 Å². The van der Waals surface area contributed by atoms with Crippen molar-refractivity contribution in [3.63, 3.8) is 0 Å². The number of rotatable bonds is 2. The number of piperazine rings is 1. The van der Waals surface area contributed by atoms with Crippen LogP contribution < -0.4 is 10.6 Å². The van der Waals surface area contributed by atoms with Gasteiger partial charge >= 0.3 is 12.0 Å². The average molecular weight is 215 g/mol. The lowest BCUT2D eigenvalue weighted by Gasteiger charge is -2.27. The van der Waals surface area contributed by atoms with Gasteiger partial charge in [-0.1, -0.05) is 0 Å². The molecule has 7 heteroatoms. The molecule has 1 heterocycles. The van der Waals surface area contributed by atoms with Crippen LogP contribution in [0.25, 0.3) is 0 Å². The zero-order chi connectivity index (χ0) is 11.4. The lowest BCUT2D eigenvalue weighted by molar-refractivity contribution is -0.138. The molecule has 0 radical (unpaired) electrons. The first kappa shape index (κ1) is 11.3. The van der Waals surface area contributed by atoms with Gasteiger partial charge in [0, 0.05) is 13.1 Å². The van der Waals surface area contributed by atoms with Crippen LogP contribution in [0, 0.1) is 0 Å². The van der Waals surface area contributed by atoms with Crippen LogP contribution >= 0.6 is 0 Å². The molecule has 1 rings (SSSR count). The van der Waals surface area contributed by atoms with E-state index in [1.807, 2.05) is 0 Å². The molecule has 0 saturated carbocycles. The van der Waals surface area contributed by atoms with Crippen LogP contribution in [0.15, 0.2) is 0 Å². The van der Waals surface area contributed by atoms with Crippen LogP contribution in [0.5, 0.6) is 0 Å². The molecule has 1 unspecified atom stereocenters. The van der Waals surface area contributed by atoms with Gasteiger partial charge in [-0.05, 0) is 6.92 Å². The van der Waals surface area contributed by atoms with Gasteiger partial charge in [0.05, 0.1) is 0 Å². The SMILES string of the molecule is CC(NC(=O)N1CCNC(=O)C1)C(=O)O. The van der Waals surface area contributed by atoms with Crippen molar-refractivity contribution in [3.05, 3.63) is 0 Å². The summed E-state index contributed by atoms with van der Waals surface area (Å²) in [6.45, 7) is 2.13. The topological polar surface area (TPSA) is 98.7 Å². The highest BCUT2D eigenvalue weighted by atomic mass is 16.4. The lowest BCUT2D eigenvalue weighted by atomic mass is 10.3. The minimum Gasteiger partial charge on any atom is -0.480 e. The molecule has 1 atom stereocenters. The van der Waals surface area contributed by atoms with Gasteiger partial charge in [-0.2, -0.15) is 0 Å². The fraction of sp³-hybridized carbons (Fsp3) is 0.625. The maximum Gasteiger partial charge on any atom is 0.325 e. The van der Waals surface area contributed by atoms with E-state index in [9.17, 15) is 14.4 Å². The summed E-state index contributed by atoms with van der Waals surface area (Å²) in [5, 5.41) is 13.4. The maximum absolute atomic E-state index is 11.4. The lowest BCUT2D eigenvalue weighted by Crippen LogP contribution is -2.55. The summed E-state index contributed by atoms with van der Waals surface area (Å²) in [7, 11) is 0. The number of hydrogen-bond acceptors (Lipinski definition) is 3. The molecule has 0 aromatic carbocycles. The van der Waals surface area contributed by atoms with Crippen molar-refractivity contribution in [2.75, 3.05) is 19.6 Å². The van der Waals surface area contributed by atoms with Crippen molar-refractivity contribution in [2.45, 2.75) is 13.0 Å². The molecule has 0 aromatic rings. The van der Waals surface area contributed by atoms with Crippen molar-refractivity contribution in [2.24, 2.45) is 0 Å². The summed E-state index contributed by atoms with van der Waals surface area (Å²) in [6, 6.07) is -1.48. The van der Waals surface area contributed by atoms with Gasteiger partial charge in [-0.15, -0.1) is 0 Å². The molecule has 1 saturated heterocycles. The molecular formula is C8H13N3O4. The highest BCUT2D eigenvalue weighted by Crippen LogP contribution is 1.95. The van der Waals surface area contributed by atoms with Crippen molar-refractivity contribution in [3.8, 4) is 0 Å². The Bertz CT molecular complexity index is 292. The highest BCUT2D eigenvalue weighted by molar-refractivity contribution is 5.87. The highest BCUT2D eigenvalue weighted by Gasteiger charge is 2.23. The smallest absolute Gasteiger partial charge is 0.325 e. The number of nitrogens with zero attached hydrogens (tertiary/aromatic N) is 1. The summed E-state index contributed by atoms with van der Waals surface area (Å²) in [5.41, 5.74) is 0. The molecule has 3 N–H and O–H groups in total. The van der Waals surface area contributed by atoms with Crippen molar-refractivity contribution < 1.29 is 19.5 Å². The molecule has 1 fully saturated rings. The molecule has 7 nitrogen and oxygen atoms in total. The Kier molecular flexibility index (Phi) is 3.48. The first-order chi connectivity index (χ1) is 7.00. The second-order valence-electron chi connectivity index (χ2n) is 3.28. The minimum atomic E-state index is -1.11. The van der Waals surface area contributed by atoms with Crippen LogP contribution in [-0.2, 0) is 9.59 Å². The Labute approximate surface area is 86.4 Å². The molecule has 0 aromatic heterocycles. The van der Waals surface area contributed by atoms with Crippen LogP contribution in [0.2, 0.25) is 0 Å². The van der Waals surface area contributed by atoms with Crippen LogP contribution in [0.4, 0.5) is 4.79 Å². The Morgan fingerprint density at radius 3 is 2.80 bits per heavy atom. The number of hydrogen-bond donors (Lipinski definition) is 3. The number of nitrogens with one attached hydrogen (secondary N) is 2. The molecule has 0 aliphatic carbocycles. The van der Waals surface area contributed by atoms with Crippen molar-refractivity contribution >= 4 is 17.9 Å². The molecule has 84 valence electrons. The van der Waals surface area contributed by atoms with Gasteiger partial charge in [0.15, 0.2) is 0 Å². The number of carbonyl (C=O) groups excluding carboxylic acids is 2. The molecule has 0 spiro atoms. The minimum absolute atomic E-state index is 0.0296. The number of urea groups is 1. The second-order valence-corrected chi connectivity index (χ2v) is 3.28. The summed E-state index contributed by atoms with van der Waals surface area (Å²) in [6.07, 6.45) is 0. The first-order valence-electron chi connectivity index (χ1n) is 4.55. The third-order valence-electron chi connectivity index (χ3n) is 2.04. The Balaban J connectivity index is 2.46. The fourth-order valence-electron chi connectivity index (χ4n) is 1.15. The first-order valence-corrected chi connectivity index (χ1v) is 4.55. The normalized spacial score (nSPS) is 17.9. The van der Waals surface area contributed by atoms with E-state index < -0.39 is 18.0 Å². The average Bonchev–Trinajstić information content (AvgIpc) is 2.17. The van der Waals surface area contributed by atoms with E-state index in [-0.39, 0.29) is 12.5 Å². The second kappa shape index (κ2) is 4.63. The van der Waals surface area contributed by atoms with E-state index in [1.165, 1.54) is 11.8 Å². The largest absolute Gasteiger partial charge is 0.480 e. The standard InChI is InChI=1S/C8H13N3O4/c1-5(7(13)14)10-8(15)11-3-2-9-6(12)4-11/h5H,2-4H2,1H3,(H,9,12)(H,10,15)(H,13,14). The van der Waals surface area contributed by atoms with Gasteiger partial charge in [-0.3, -0.25) is 9.59 Å². The number of amides is 3. The van der Waals surface area contributed by atoms with Crippen LogP contribution in [-0.4, -0.2) is 53.6 Å². The Morgan fingerprint density at radius 1 is 1.60 bits per heavy atom. The van der Waals surface area contributed by atoms with E-state index in [4.69, 9.17) is 5.11 Å². The predicted molar refractivity (Wildman–Crippen MR) is 50.2 cm³/mol. The van der Waals surface area contributed by atoms with E-state index in [0.29, 0.717) is 13.1 Å². The van der Waals surface area contributed by atoms with Gasteiger partial charge in [0.2, 0.25) is 5.91 Å². The van der Waals surface area contributed by atoms with E-state index >= 15 is 0 Å². The third kappa shape index (κ3) is 3.12. The van der Waals surface area contributed by atoms with E-state index in [0.717, 1.165) is 0 Å². The predicted octanol–water partition coefficient (Wildman–Crippen LogP) is -1.40. The van der Waals surface area contributed by atoms with E-state index in [1.54, 1.807) is 0 Å². The zero-order valence-electron chi connectivity index (χ0n) is 8.32. The van der Waals surface area contributed by atoms with Gasteiger partial charge in [0.25, 0.3) is 0 Å². The van der Waals surface area contributed by atoms with Crippen LogP contribution in [0.1, 0.15) is 6.92 Å². The molecule has 1 aliphatic heterocycles. The summed E-state index contributed by atoms with van der Waals surface area (Å²) in [4.78, 5) is 34.1. The van der Waals surface area contributed by atoms with Crippen molar-refractivity contribution in [1.29, 1.82) is 0 Å². The van der Waals surface area contributed by atoms with E-state index in [2.05, 4.69) is 10.6 Å². The summed E-state index contributed by atoms with van der Waals surface area (Å²) in [5.74, 6) is -1.34. The summed E-state index contributed by atoms with van der Waals surface area (Å²) < 4.78 is 0. The number of aliphatic carboxylic acids is 1. The Morgan fingerprint density at radius 2 is 2.27 bits per heavy atom. The zero-order valence-corrected chi connectivity index (χ0v) is 8.32. The molecule has 15 heavy (non-hydrogen) atoms. The number of carboxylic acids is 1. The van der Waals surface area contributed by atoms with Crippen molar-refractivity contribution in [1.82, 2.24) is 15.5 Å². The molecular weight excluding hydrogens is 202 g/mol. The monoisotopic (exact) mass is 215 g/mol. The fourth-order valence-corrected chi connectivity index (χ4v) is 1.15. The molecule has 1 aliphatic rings. The van der Waals surface area contributed by atoms with Gasteiger partial charge in [0.1, 0.15) is 12.6 Å². The molecule has 3 amide bonds. The summed E-state index contributed by atoms with van der Waals surface area (Å²) >= 11 is 0.